The number of nitrogens with zero attached hydrogens (tertiary/aromatic N) is 3. The van der Waals surface area contributed by atoms with Gasteiger partial charge in [0.1, 0.15) is 0 Å². The average Bonchev–Trinajstić information content (AvgIpc) is 3.03. The minimum Gasteiger partial charge on any atom is -0.333 e. The minimum atomic E-state index is 0.300. The fourth-order valence-corrected chi connectivity index (χ4v) is 3.86. The van der Waals surface area contributed by atoms with E-state index in [1.165, 1.54) is 27.7 Å². The Morgan fingerprint density at radius 2 is 1.54 bits per heavy atom. The van der Waals surface area contributed by atoms with Crippen molar-refractivity contribution in [3.05, 3.63) is 90.5 Å². The lowest BCUT2D eigenvalue weighted by Gasteiger charge is -2.20. The number of fused-ring (bicyclic) bond motifs is 3. The smallest absolute Gasteiger partial charge is 0.0560 e. The molecule has 0 spiro atoms. The van der Waals surface area contributed by atoms with Gasteiger partial charge in [0.25, 0.3) is 0 Å². The highest BCUT2D eigenvalue weighted by atomic mass is 15.0. The Hall–Kier alpha value is -3.20. The van der Waals surface area contributed by atoms with Gasteiger partial charge in [0.2, 0.25) is 0 Å². The molecule has 3 aromatic heterocycles. The summed E-state index contributed by atoms with van der Waals surface area (Å²) in [5.41, 5.74) is 6.29. The molecule has 1 atom stereocenters. The zero-order valence-corrected chi connectivity index (χ0v) is 14.6. The van der Waals surface area contributed by atoms with Crippen molar-refractivity contribution in [1.29, 1.82) is 0 Å². The van der Waals surface area contributed by atoms with Crippen LogP contribution in [0.4, 0.5) is 0 Å². The van der Waals surface area contributed by atoms with Crippen LogP contribution in [0.2, 0.25) is 0 Å². The second-order valence-corrected chi connectivity index (χ2v) is 6.84. The van der Waals surface area contributed by atoms with Crippen LogP contribution in [0.3, 0.4) is 0 Å². The number of pyridine rings is 2. The van der Waals surface area contributed by atoms with Gasteiger partial charge in [0, 0.05) is 35.6 Å². The van der Waals surface area contributed by atoms with Crippen LogP contribution in [0.15, 0.2) is 79.4 Å². The predicted molar refractivity (Wildman–Crippen MR) is 107 cm³/mol. The fourth-order valence-electron chi connectivity index (χ4n) is 3.86. The second-order valence-electron chi connectivity index (χ2n) is 6.84. The molecule has 0 N–H and O–H groups in total. The highest BCUT2D eigenvalue weighted by molar-refractivity contribution is 6.07. The van der Waals surface area contributed by atoms with Crippen LogP contribution in [-0.2, 0) is 0 Å². The third kappa shape index (κ3) is 2.36. The molecule has 5 rings (SSSR count). The monoisotopic (exact) mass is 337 g/mol. The summed E-state index contributed by atoms with van der Waals surface area (Å²) in [5.74, 6) is 0. The molecule has 0 amide bonds. The van der Waals surface area contributed by atoms with E-state index in [-0.39, 0.29) is 0 Å². The van der Waals surface area contributed by atoms with E-state index in [1.807, 2.05) is 24.8 Å². The lowest BCUT2D eigenvalue weighted by atomic mass is 9.96. The Labute approximate surface area is 152 Å². The number of aromatic nitrogens is 3. The predicted octanol–water partition coefficient (Wildman–Crippen LogP) is 5.48. The van der Waals surface area contributed by atoms with Crippen LogP contribution in [0.5, 0.6) is 0 Å². The molecule has 0 aliphatic heterocycles. The summed E-state index contributed by atoms with van der Waals surface area (Å²) in [6.45, 7) is 2.12. The topological polar surface area (TPSA) is 30.7 Å². The fraction of sp³-hybridized carbons (Fsp3) is 0.130. The van der Waals surface area contributed by atoms with Crippen molar-refractivity contribution in [2.45, 2.75) is 19.4 Å². The summed E-state index contributed by atoms with van der Waals surface area (Å²) in [5, 5.41) is 2.33. The van der Waals surface area contributed by atoms with Gasteiger partial charge in [-0.05, 0) is 36.6 Å². The molecule has 26 heavy (non-hydrogen) atoms. The SMILES string of the molecule is Cc1ccc(C2=CCC(n3c4ccncc4c4cnccc43)C=C2)cc1. The molecule has 3 nitrogen and oxygen atoms in total. The Morgan fingerprint density at radius 1 is 0.885 bits per heavy atom. The number of rotatable bonds is 2. The van der Waals surface area contributed by atoms with E-state index in [1.54, 1.807) is 0 Å². The van der Waals surface area contributed by atoms with Gasteiger partial charge in [-0.25, -0.2) is 0 Å². The lowest BCUT2D eigenvalue weighted by Crippen LogP contribution is -2.08. The van der Waals surface area contributed by atoms with Crippen molar-refractivity contribution in [3.8, 4) is 0 Å². The number of benzene rings is 1. The molecule has 3 heterocycles. The molecule has 1 unspecified atom stereocenters. The van der Waals surface area contributed by atoms with Crippen LogP contribution in [-0.4, -0.2) is 14.5 Å². The Balaban J connectivity index is 1.58. The first-order valence-electron chi connectivity index (χ1n) is 8.94. The average molecular weight is 337 g/mol. The number of hydrogen-bond donors (Lipinski definition) is 0. The summed E-state index contributed by atoms with van der Waals surface area (Å²) < 4.78 is 2.41. The van der Waals surface area contributed by atoms with Gasteiger partial charge < -0.3 is 4.57 Å². The Bertz CT molecular complexity index is 1110. The molecular weight excluding hydrogens is 318 g/mol. The molecule has 0 saturated heterocycles. The van der Waals surface area contributed by atoms with E-state index in [2.05, 4.69) is 76.1 Å². The first kappa shape index (κ1) is 15.1. The quantitative estimate of drug-likeness (QED) is 0.485. The standard InChI is InChI=1S/C23H19N3/c1-16-2-4-17(5-3-16)18-6-8-19(9-7-18)26-22-10-12-24-14-20(22)21-15-25-13-11-23(21)26/h2-8,10-15,19H,9H2,1H3. The molecule has 1 aliphatic carbocycles. The minimum absolute atomic E-state index is 0.300. The van der Waals surface area contributed by atoms with Crippen LogP contribution in [0.25, 0.3) is 27.4 Å². The summed E-state index contributed by atoms with van der Waals surface area (Å²) >= 11 is 0. The van der Waals surface area contributed by atoms with Gasteiger partial charge in [-0.2, -0.15) is 0 Å². The number of aryl methyl sites for hydroxylation is 1. The van der Waals surface area contributed by atoms with E-state index < -0.39 is 0 Å². The van der Waals surface area contributed by atoms with Gasteiger partial charge in [-0.15, -0.1) is 0 Å². The van der Waals surface area contributed by atoms with Gasteiger partial charge in [0.05, 0.1) is 17.1 Å². The highest BCUT2D eigenvalue weighted by Crippen LogP contribution is 2.35. The summed E-state index contributed by atoms with van der Waals surface area (Å²) in [6, 6.07) is 13.2. The van der Waals surface area contributed by atoms with E-state index in [4.69, 9.17) is 0 Å². The summed E-state index contributed by atoms with van der Waals surface area (Å²) in [4.78, 5) is 8.62. The van der Waals surface area contributed by atoms with Crippen LogP contribution in [0, 0.1) is 6.92 Å². The molecule has 0 radical (unpaired) electrons. The molecule has 0 saturated carbocycles. The zero-order chi connectivity index (χ0) is 17.5. The highest BCUT2D eigenvalue weighted by Gasteiger charge is 2.18. The van der Waals surface area contributed by atoms with Gasteiger partial charge >= 0.3 is 0 Å². The second kappa shape index (κ2) is 5.95. The maximum absolute atomic E-state index is 4.31. The molecule has 4 aromatic rings. The number of hydrogen-bond acceptors (Lipinski definition) is 2. The van der Waals surface area contributed by atoms with Crippen LogP contribution in [0.1, 0.15) is 23.6 Å². The van der Waals surface area contributed by atoms with Crippen molar-refractivity contribution in [1.82, 2.24) is 14.5 Å². The first-order valence-corrected chi connectivity index (χ1v) is 8.94. The van der Waals surface area contributed by atoms with E-state index in [0.717, 1.165) is 17.2 Å². The number of allylic oxidation sites excluding steroid dienone is 4. The molecule has 126 valence electrons. The van der Waals surface area contributed by atoms with Crippen molar-refractivity contribution >= 4 is 27.4 Å². The maximum atomic E-state index is 4.31. The molecule has 0 bridgehead atoms. The van der Waals surface area contributed by atoms with Gasteiger partial charge in [0.15, 0.2) is 0 Å². The lowest BCUT2D eigenvalue weighted by molar-refractivity contribution is 0.649. The molecule has 3 heteroatoms. The normalized spacial score (nSPS) is 17.0. The molecule has 1 aromatic carbocycles. The molecule has 1 aliphatic rings. The Kier molecular flexibility index (Phi) is 3.45. The van der Waals surface area contributed by atoms with Crippen molar-refractivity contribution in [2.75, 3.05) is 0 Å². The van der Waals surface area contributed by atoms with Crippen LogP contribution >= 0.6 is 0 Å². The largest absolute Gasteiger partial charge is 0.333 e. The van der Waals surface area contributed by atoms with E-state index >= 15 is 0 Å². The van der Waals surface area contributed by atoms with E-state index in [0.29, 0.717) is 6.04 Å². The summed E-state index contributed by atoms with van der Waals surface area (Å²) in [6.07, 6.45) is 15.5. The Morgan fingerprint density at radius 3 is 2.12 bits per heavy atom. The van der Waals surface area contributed by atoms with E-state index in [9.17, 15) is 0 Å². The zero-order valence-electron chi connectivity index (χ0n) is 14.6. The van der Waals surface area contributed by atoms with Crippen molar-refractivity contribution in [3.63, 3.8) is 0 Å². The van der Waals surface area contributed by atoms with Crippen molar-refractivity contribution < 1.29 is 0 Å². The third-order valence-corrected chi connectivity index (χ3v) is 5.20. The molecule has 0 fully saturated rings. The van der Waals surface area contributed by atoms with Crippen molar-refractivity contribution in [2.24, 2.45) is 0 Å². The van der Waals surface area contributed by atoms with Gasteiger partial charge in [-0.1, -0.05) is 48.1 Å². The van der Waals surface area contributed by atoms with Gasteiger partial charge in [-0.3, -0.25) is 9.97 Å². The maximum Gasteiger partial charge on any atom is 0.0560 e. The van der Waals surface area contributed by atoms with Crippen LogP contribution < -0.4 is 0 Å². The third-order valence-electron chi connectivity index (χ3n) is 5.20. The first-order chi connectivity index (χ1) is 12.8. The molecular formula is C23H19N3. The summed E-state index contributed by atoms with van der Waals surface area (Å²) in [7, 11) is 0.